The van der Waals surface area contributed by atoms with Crippen LogP contribution in [-0.2, 0) is 7.05 Å². The highest BCUT2D eigenvalue weighted by Crippen LogP contribution is 2.31. The van der Waals surface area contributed by atoms with Crippen LogP contribution in [0.1, 0.15) is 5.56 Å². The summed E-state index contributed by atoms with van der Waals surface area (Å²) in [5.41, 5.74) is -8.29. The molecule has 0 spiro atoms. The van der Waals surface area contributed by atoms with Gasteiger partial charge in [-0.15, -0.1) is 0 Å². The van der Waals surface area contributed by atoms with Gasteiger partial charge in [-0.2, -0.15) is 0 Å². The zero-order valence-corrected chi connectivity index (χ0v) is 15.6. The summed E-state index contributed by atoms with van der Waals surface area (Å²) in [5, 5.41) is -6.00. The molecular formula is C18H6ClF5N2O4. The van der Waals surface area contributed by atoms with E-state index in [4.69, 9.17) is 11.6 Å². The first-order chi connectivity index (χ1) is 13.9. The maximum atomic E-state index is 14.9. The minimum Gasteiger partial charge on any atom is -0.277 e. The number of fused-ring (bicyclic) bond motifs is 2. The second-order valence-corrected chi connectivity index (χ2v) is 6.85. The van der Waals surface area contributed by atoms with E-state index >= 15 is 0 Å². The van der Waals surface area contributed by atoms with Gasteiger partial charge in [-0.25, -0.2) is 26.5 Å². The molecule has 4 rings (SSSR count). The lowest BCUT2D eigenvalue weighted by atomic mass is 10.1. The average molecular weight is 445 g/mol. The SMILES string of the molecule is Cc1c(F)c(Cl)c(F)c(-n2c(=O)c3c(F)c4c(=O)n(C)c(=O)c4c(F)c3c2=O)c1F. The Kier molecular flexibility index (Phi) is 4.04. The third-order valence-corrected chi connectivity index (χ3v) is 5.26. The van der Waals surface area contributed by atoms with Gasteiger partial charge in [0.1, 0.15) is 10.7 Å². The van der Waals surface area contributed by atoms with Crippen molar-refractivity contribution in [3.8, 4) is 5.69 Å². The van der Waals surface area contributed by atoms with Crippen LogP contribution >= 0.6 is 11.6 Å². The van der Waals surface area contributed by atoms with Gasteiger partial charge in [0.2, 0.25) is 0 Å². The third kappa shape index (κ3) is 2.12. The third-order valence-electron chi connectivity index (χ3n) is 4.93. The number of halogens is 6. The van der Waals surface area contributed by atoms with Crippen LogP contribution in [0.2, 0.25) is 5.02 Å². The van der Waals surface area contributed by atoms with Gasteiger partial charge in [0.15, 0.2) is 29.1 Å². The fourth-order valence-corrected chi connectivity index (χ4v) is 3.60. The van der Waals surface area contributed by atoms with Crippen molar-refractivity contribution in [3.05, 3.63) is 81.1 Å². The highest BCUT2D eigenvalue weighted by Gasteiger charge is 2.32. The summed E-state index contributed by atoms with van der Waals surface area (Å²) in [7, 11) is 0.929. The first kappa shape index (κ1) is 20.0. The molecule has 0 fully saturated rings. The number of aromatic nitrogens is 2. The van der Waals surface area contributed by atoms with Crippen molar-refractivity contribution in [3.63, 3.8) is 0 Å². The number of rotatable bonds is 1. The molecule has 30 heavy (non-hydrogen) atoms. The molecule has 0 aliphatic heterocycles. The second kappa shape index (κ2) is 6.08. The van der Waals surface area contributed by atoms with E-state index in [2.05, 4.69) is 0 Å². The molecule has 2 aromatic carbocycles. The predicted octanol–water partition coefficient (Wildman–Crippen LogP) is 2.10. The van der Waals surface area contributed by atoms with Gasteiger partial charge in [0.25, 0.3) is 22.2 Å². The first-order valence-corrected chi connectivity index (χ1v) is 8.39. The summed E-state index contributed by atoms with van der Waals surface area (Å²) in [6.07, 6.45) is 0. The van der Waals surface area contributed by atoms with Crippen molar-refractivity contribution in [2.75, 3.05) is 0 Å². The van der Waals surface area contributed by atoms with Crippen LogP contribution in [0.5, 0.6) is 0 Å². The van der Waals surface area contributed by atoms with Gasteiger partial charge in [0.05, 0.1) is 21.5 Å². The molecule has 0 N–H and O–H groups in total. The Bertz CT molecular complexity index is 1550. The minimum atomic E-state index is -1.85. The number of hydrogen-bond acceptors (Lipinski definition) is 4. The summed E-state index contributed by atoms with van der Waals surface area (Å²) in [6, 6.07) is 0. The lowest BCUT2D eigenvalue weighted by Crippen LogP contribution is -2.27. The average Bonchev–Trinajstić information content (AvgIpc) is 3.10. The van der Waals surface area contributed by atoms with Crippen LogP contribution in [0.25, 0.3) is 27.2 Å². The topological polar surface area (TPSA) is 78.1 Å². The van der Waals surface area contributed by atoms with E-state index in [0.29, 0.717) is 4.57 Å². The van der Waals surface area contributed by atoms with Gasteiger partial charge >= 0.3 is 0 Å². The number of hydrogen-bond donors (Lipinski definition) is 0. The summed E-state index contributed by atoms with van der Waals surface area (Å²) in [5.74, 6) is -8.45. The second-order valence-electron chi connectivity index (χ2n) is 6.47. The molecule has 12 heteroatoms. The quantitative estimate of drug-likeness (QED) is 0.256. The van der Waals surface area contributed by atoms with Gasteiger partial charge in [-0.1, -0.05) is 11.6 Å². The molecule has 0 radical (unpaired) electrons. The Morgan fingerprint density at radius 1 is 0.633 bits per heavy atom. The highest BCUT2D eigenvalue weighted by atomic mass is 35.5. The largest absolute Gasteiger partial charge is 0.277 e. The summed E-state index contributed by atoms with van der Waals surface area (Å²) in [4.78, 5) is 49.5. The fraction of sp³-hybridized carbons (Fsp3) is 0.111. The van der Waals surface area contributed by atoms with Crippen molar-refractivity contribution >= 4 is 33.1 Å². The normalized spacial score (nSPS) is 11.9. The smallest absolute Gasteiger partial charge is 0.269 e. The molecule has 0 saturated heterocycles. The molecule has 4 aromatic rings. The van der Waals surface area contributed by atoms with Crippen molar-refractivity contribution < 1.29 is 22.0 Å². The lowest BCUT2D eigenvalue weighted by Gasteiger charge is -2.10. The zero-order chi connectivity index (χ0) is 22.4. The van der Waals surface area contributed by atoms with Gasteiger partial charge in [0, 0.05) is 12.6 Å². The molecule has 2 aromatic heterocycles. The Morgan fingerprint density at radius 2 is 1.03 bits per heavy atom. The predicted molar refractivity (Wildman–Crippen MR) is 96.7 cm³/mol. The van der Waals surface area contributed by atoms with Crippen LogP contribution in [0.4, 0.5) is 22.0 Å². The van der Waals surface area contributed by atoms with Crippen molar-refractivity contribution in [1.82, 2.24) is 9.13 Å². The Labute approximate surface area is 165 Å². The molecule has 0 aliphatic rings. The van der Waals surface area contributed by atoms with Crippen LogP contribution < -0.4 is 22.2 Å². The van der Waals surface area contributed by atoms with E-state index in [9.17, 15) is 41.1 Å². The van der Waals surface area contributed by atoms with Gasteiger partial charge < -0.3 is 0 Å². The molecule has 0 aliphatic carbocycles. The number of benzene rings is 2. The van der Waals surface area contributed by atoms with E-state index in [1.807, 2.05) is 0 Å². The molecule has 0 saturated carbocycles. The summed E-state index contributed by atoms with van der Waals surface area (Å²) < 4.78 is 72.8. The fourth-order valence-electron chi connectivity index (χ4n) is 3.37. The first-order valence-electron chi connectivity index (χ1n) is 8.02. The van der Waals surface area contributed by atoms with E-state index < -0.39 is 89.1 Å². The molecular weight excluding hydrogens is 439 g/mol. The van der Waals surface area contributed by atoms with Crippen LogP contribution in [0.3, 0.4) is 0 Å². The van der Waals surface area contributed by atoms with Crippen LogP contribution in [-0.4, -0.2) is 9.13 Å². The van der Waals surface area contributed by atoms with Crippen molar-refractivity contribution in [2.45, 2.75) is 6.92 Å². The summed E-state index contributed by atoms with van der Waals surface area (Å²) in [6.45, 7) is 0.834. The van der Waals surface area contributed by atoms with Crippen LogP contribution in [0, 0.1) is 36.0 Å². The lowest BCUT2D eigenvalue weighted by molar-refractivity contribution is 0.522. The maximum Gasteiger partial charge on any atom is 0.269 e. The molecule has 0 unspecified atom stereocenters. The molecule has 154 valence electrons. The molecule has 0 atom stereocenters. The zero-order valence-electron chi connectivity index (χ0n) is 14.8. The Hall–Kier alpha value is -3.34. The molecule has 6 nitrogen and oxygen atoms in total. The molecule has 0 bridgehead atoms. The highest BCUT2D eigenvalue weighted by molar-refractivity contribution is 6.31. The van der Waals surface area contributed by atoms with E-state index in [1.54, 1.807) is 0 Å². The van der Waals surface area contributed by atoms with Crippen molar-refractivity contribution in [1.29, 1.82) is 0 Å². The standard InChI is InChI=1S/C18H6ClF5N2O4/c1-3-9(20)8(19)13(24)14(10(3)21)26-17(29)6-7(18(26)30)12(23)5-4(11(6)22)15(27)25(2)16(5)28/h1-2H3. The van der Waals surface area contributed by atoms with E-state index in [1.165, 1.54) is 0 Å². The number of nitrogens with zero attached hydrogens (tertiary/aromatic N) is 2. The van der Waals surface area contributed by atoms with E-state index in [0.717, 1.165) is 14.0 Å². The monoisotopic (exact) mass is 444 g/mol. The van der Waals surface area contributed by atoms with Gasteiger partial charge in [-0.05, 0) is 6.92 Å². The molecule has 2 heterocycles. The Morgan fingerprint density at radius 3 is 1.47 bits per heavy atom. The molecule has 0 amide bonds. The summed E-state index contributed by atoms with van der Waals surface area (Å²) >= 11 is 5.44. The Balaban J connectivity index is 2.35. The van der Waals surface area contributed by atoms with Crippen molar-refractivity contribution in [2.24, 2.45) is 7.05 Å². The van der Waals surface area contributed by atoms with Gasteiger partial charge in [-0.3, -0.25) is 23.7 Å². The maximum absolute atomic E-state index is 14.9. The van der Waals surface area contributed by atoms with Crippen LogP contribution in [0.15, 0.2) is 19.2 Å². The van der Waals surface area contributed by atoms with E-state index in [-0.39, 0.29) is 4.57 Å². The minimum absolute atomic E-state index is 0.256.